The summed E-state index contributed by atoms with van der Waals surface area (Å²) in [6, 6.07) is 15.4. The molecule has 6 heteroatoms. The van der Waals surface area contributed by atoms with Crippen LogP contribution in [0.3, 0.4) is 0 Å². The number of aryl methyl sites for hydroxylation is 1. The van der Waals surface area contributed by atoms with E-state index >= 15 is 0 Å². The van der Waals surface area contributed by atoms with Gasteiger partial charge in [-0.3, -0.25) is 9.69 Å². The van der Waals surface area contributed by atoms with Crippen molar-refractivity contribution < 1.29 is 4.79 Å². The largest absolute Gasteiger partial charge is 0.347 e. The van der Waals surface area contributed by atoms with Crippen LogP contribution in [0.25, 0.3) is 17.0 Å². The second-order valence-electron chi connectivity index (χ2n) is 6.29. The van der Waals surface area contributed by atoms with Crippen molar-refractivity contribution in [3.05, 3.63) is 70.2 Å². The number of aromatic nitrogens is 1. The Bertz CT molecular complexity index is 1090. The van der Waals surface area contributed by atoms with Gasteiger partial charge in [-0.05, 0) is 36.8 Å². The number of anilines is 1. The van der Waals surface area contributed by atoms with Crippen LogP contribution in [-0.4, -0.2) is 14.8 Å². The molecule has 1 saturated heterocycles. The third-order valence-corrected chi connectivity index (χ3v) is 5.97. The Morgan fingerprint density at radius 2 is 2.00 bits per heavy atom. The number of carbonyl (C=O) groups excluding carboxylic acids is 1. The molecule has 0 spiro atoms. The van der Waals surface area contributed by atoms with Gasteiger partial charge in [0.15, 0.2) is 4.32 Å². The third-order valence-electron chi connectivity index (χ3n) is 4.43. The van der Waals surface area contributed by atoms with Crippen LogP contribution in [-0.2, 0) is 11.3 Å². The second-order valence-corrected chi connectivity index (χ2v) is 8.40. The van der Waals surface area contributed by atoms with E-state index in [9.17, 15) is 4.79 Å². The monoisotopic (exact) mass is 412 g/mol. The van der Waals surface area contributed by atoms with Gasteiger partial charge in [-0.2, -0.15) is 0 Å². The van der Waals surface area contributed by atoms with E-state index < -0.39 is 0 Å². The standard InChI is InChI=1S/C21H17ClN2OS2/c1-2-10-23-13-14(17-8-3-4-9-18(17)23)11-19-20(25)24(21(26)27-19)16-7-5-6-15(22)12-16/h3-9,11-13H,2,10H2,1H3/b19-11+. The maximum atomic E-state index is 13.0. The molecule has 1 amide bonds. The minimum absolute atomic E-state index is 0.111. The number of thioether (sulfide) groups is 1. The highest BCUT2D eigenvalue weighted by Crippen LogP contribution is 2.37. The first kappa shape index (κ1) is 18.3. The molecule has 1 fully saturated rings. The lowest BCUT2D eigenvalue weighted by Crippen LogP contribution is -2.27. The predicted octanol–water partition coefficient (Wildman–Crippen LogP) is 6.11. The Morgan fingerprint density at radius 1 is 1.19 bits per heavy atom. The lowest BCUT2D eigenvalue weighted by Gasteiger charge is -2.14. The lowest BCUT2D eigenvalue weighted by atomic mass is 10.1. The number of para-hydroxylation sites is 1. The Balaban J connectivity index is 1.74. The fourth-order valence-corrected chi connectivity index (χ4v) is 4.74. The molecule has 2 heterocycles. The number of carbonyl (C=O) groups is 1. The third kappa shape index (κ3) is 3.43. The zero-order chi connectivity index (χ0) is 19.0. The van der Waals surface area contributed by atoms with Gasteiger partial charge in [0, 0.05) is 34.2 Å². The Labute approximate surface area is 172 Å². The summed E-state index contributed by atoms with van der Waals surface area (Å²) in [4.78, 5) is 15.2. The van der Waals surface area contributed by atoms with E-state index in [0.717, 1.165) is 23.9 Å². The first-order chi connectivity index (χ1) is 13.1. The van der Waals surface area contributed by atoms with Gasteiger partial charge in [-0.1, -0.05) is 66.8 Å². The lowest BCUT2D eigenvalue weighted by molar-refractivity contribution is -0.113. The van der Waals surface area contributed by atoms with Gasteiger partial charge in [0.2, 0.25) is 0 Å². The summed E-state index contributed by atoms with van der Waals surface area (Å²) in [6.07, 6.45) is 5.10. The van der Waals surface area contributed by atoms with E-state index in [-0.39, 0.29) is 5.91 Å². The quantitative estimate of drug-likeness (QED) is 0.381. The normalized spacial score (nSPS) is 16.1. The van der Waals surface area contributed by atoms with E-state index in [1.165, 1.54) is 17.3 Å². The van der Waals surface area contributed by atoms with Gasteiger partial charge in [0.1, 0.15) is 0 Å². The van der Waals surface area contributed by atoms with Gasteiger partial charge < -0.3 is 4.57 Å². The van der Waals surface area contributed by atoms with Gasteiger partial charge in [-0.15, -0.1) is 0 Å². The maximum Gasteiger partial charge on any atom is 0.270 e. The van der Waals surface area contributed by atoms with Gasteiger partial charge in [-0.25, -0.2) is 0 Å². The van der Waals surface area contributed by atoms with E-state index in [1.54, 1.807) is 17.0 Å². The summed E-state index contributed by atoms with van der Waals surface area (Å²) in [7, 11) is 0. The number of amides is 1. The Morgan fingerprint density at radius 3 is 2.78 bits per heavy atom. The van der Waals surface area contributed by atoms with Crippen LogP contribution in [0.4, 0.5) is 5.69 Å². The molecule has 1 aliphatic rings. The first-order valence-electron chi connectivity index (χ1n) is 8.70. The minimum Gasteiger partial charge on any atom is -0.347 e. The fraction of sp³-hybridized carbons (Fsp3) is 0.143. The molecule has 136 valence electrons. The Hall–Kier alpha value is -2.08. The number of fused-ring (bicyclic) bond motifs is 1. The van der Waals surface area contributed by atoms with E-state index in [2.05, 4.69) is 29.8 Å². The van der Waals surface area contributed by atoms with Crippen LogP contribution >= 0.6 is 35.6 Å². The number of rotatable bonds is 4. The molecule has 1 aliphatic heterocycles. The van der Waals surface area contributed by atoms with Crippen LogP contribution in [0.15, 0.2) is 59.6 Å². The van der Waals surface area contributed by atoms with Crippen molar-refractivity contribution >= 4 is 68.5 Å². The number of benzene rings is 2. The van der Waals surface area contributed by atoms with Gasteiger partial charge in [0.05, 0.1) is 10.6 Å². The van der Waals surface area contributed by atoms with E-state index in [1.807, 2.05) is 30.3 Å². The molecule has 3 nitrogen and oxygen atoms in total. The highest BCUT2D eigenvalue weighted by Gasteiger charge is 2.33. The molecule has 3 aromatic rings. The number of thiocarbonyl (C=S) groups is 1. The van der Waals surface area contributed by atoms with Crippen LogP contribution in [0.1, 0.15) is 18.9 Å². The topological polar surface area (TPSA) is 25.2 Å². The molecule has 1 aromatic heterocycles. The van der Waals surface area contributed by atoms with Crippen molar-refractivity contribution in [3.8, 4) is 0 Å². The zero-order valence-electron chi connectivity index (χ0n) is 14.7. The van der Waals surface area contributed by atoms with Crippen LogP contribution in [0.5, 0.6) is 0 Å². The number of halogens is 1. The summed E-state index contributed by atoms with van der Waals surface area (Å²) < 4.78 is 2.75. The predicted molar refractivity (Wildman–Crippen MR) is 119 cm³/mol. The average molecular weight is 413 g/mol. The number of hydrogen-bond acceptors (Lipinski definition) is 3. The number of nitrogens with zero attached hydrogens (tertiary/aromatic N) is 2. The molecule has 4 rings (SSSR count). The molecule has 27 heavy (non-hydrogen) atoms. The molecule has 0 aliphatic carbocycles. The van der Waals surface area contributed by atoms with Crippen LogP contribution in [0.2, 0.25) is 5.02 Å². The van der Waals surface area contributed by atoms with Crippen LogP contribution < -0.4 is 4.90 Å². The molecule has 2 aromatic carbocycles. The molecule has 0 atom stereocenters. The van der Waals surface area contributed by atoms with E-state index in [4.69, 9.17) is 23.8 Å². The summed E-state index contributed by atoms with van der Waals surface area (Å²) in [5.74, 6) is -0.111. The maximum absolute atomic E-state index is 13.0. The van der Waals surface area contributed by atoms with Crippen molar-refractivity contribution in [2.45, 2.75) is 19.9 Å². The zero-order valence-corrected chi connectivity index (χ0v) is 17.1. The van der Waals surface area contributed by atoms with Gasteiger partial charge >= 0.3 is 0 Å². The molecule has 0 N–H and O–H groups in total. The van der Waals surface area contributed by atoms with Crippen molar-refractivity contribution in [3.63, 3.8) is 0 Å². The Kier molecular flexibility index (Phi) is 5.08. The van der Waals surface area contributed by atoms with Gasteiger partial charge in [0.25, 0.3) is 5.91 Å². The highest BCUT2D eigenvalue weighted by atomic mass is 35.5. The smallest absolute Gasteiger partial charge is 0.270 e. The first-order valence-corrected chi connectivity index (χ1v) is 10.3. The highest BCUT2D eigenvalue weighted by molar-refractivity contribution is 8.27. The van der Waals surface area contributed by atoms with E-state index in [0.29, 0.717) is 19.9 Å². The molecule has 0 saturated carbocycles. The number of hydrogen-bond donors (Lipinski definition) is 0. The second kappa shape index (κ2) is 7.50. The summed E-state index contributed by atoms with van der Waals surface area (Å²) >= 11 is 12.9. The molecule has 0 radical (unpaired) electrons. The molecular formula is C21H17ClN2OS2. The SMILES string of the molecule is CCCn1cc(/C=C2/SC(=S)N(c3cccc(Cl)c3)C2=O)c2ccccc21. The van der Waals surface area contributed by atoms with Crippen LogP contribution in [0, 0.1) is 0 Å². The summed E-state index contributed by atoms with van der Waals surface area (Å²) in [6.45, 7) is 3.10. The van der Waals surface area contributed by atoms with Crippen molar-refractivity contribution in [1.29, 1.82) is 0 Å². The molecule has 0 bridgehead atoms. The molecule has 0 unspecified atom stereocenters. The van der Waals surface area contributed by atoms with Crippen molar-refractivity contribution in [2.24, 2.45) is 0 Å². The van der Waals surface area contributed by atoms with Crippen molar-refractivity contribution in [2.75, 3.05) is 4.90 Å². The summed E-state index contributed by atoms with van der Waals surface area (Å²) in [5, 5.41) is 1.71. The average Bonchev–Trinajstić information content (AvgIpc) is 3.13. The van der Waals surface area contributed by atoms with Crippen molar-refractivity contribution in [1.82, 2.24) is 4.57 Å². The fourth-order valence-electron chi connectivity index (χ4n) is 3.26. The summed E-state index contributed by atoms with van der Waals surface area (Å²) in [5.41, 5.74) is 2.91. The minimum atomic E-state index is -0.111. The molecular weight excluding hydrogens is 396 g/mol.